The smallest absolute Gasteiger partial charge is 0.236 e. The zero-order valence-corrected chi connectivity index (χ0v) is 11.9. The maximum Gasteiger partial charge on any atom is 0.236 e. The van der Waals surface area contributed by atoms with Gasteiger partial charge < -0.3 is 0 Å². The van der Waals surface area contributed by atoms with E-state index in [9.17, 15) is 13.6 Å². The summed E-state index contributed by atoms with van der Waals surface area (Å²) in [4.78, 5) is 13.6. The van der Waals surface area contributed by atoms with Crippen LogP contribution in [0.1, 0.15) is 30.9 Å². The van der Waals surface area contributed by atoms with Gasteiger partial charge in [0.1, 0.15) is 0 Å². The first-order valence-corrected chi connectivity index (χ1v) is 6.89. The van der Waals surface area contributed by atoms with E-state index in [1.807, 2.05) is 24.3 Å². The van der Waals surface area contributed by atoms with Crippen LogP contribution in [0.2, 0.25) is 0 Å². The van der Waals surface area contributed by atoms with E-state index in [1.54, 1.807) is 0 Å². The third-order valence-corrected chi connectivity index (χ3v) is 3.81. The van der Waals surface area contributed by atoms with Crippen molar-refractivity contribution < 1.29 is 13.6 Å². The van der Waals surface area contributed by atoms with Crippen LogP contribution in [0.4, 0.5) is 20.2 Å². The third-order valence-electron chi connectivity index (χ3n) is 3.81. The molecule has 0 aromatic heterocycles. The molecule has 21 heavy (non-hydrogen) atoms. The predicted molar refractivity (Wildman–Crippen MR) is 77.7 cm³/mol. The van der Waals surface area contributed by atoms with Crippen LogP contribution < -0.4 is 4.90 Å². The van der Waals surface area contributed by atoms with Gasteiger partial charge in [0.05, 0.1) is 12.1 Å². The van der Waals surface area contributed by atoms with E-state index in [-0.39, 0.29) is 17.9 Å². The summed E-state index contributed by atoms with van der Waals surface area (Å²) in [5, 5.41) is 0. The Hall–Kier alpha value is -2.23. The van der Waals surface area contributed by atoms with Gasteiger partial charge in [-0.3, -0.25) is 9.69 Å². The lowest BCUT2D eigenvalue weighted by Gasteiger charge is -2.18. The number of benzene rings is 2. The highest BCUT2D eigenvalue weighted by Crippen LogP contribution is 2.37. The zero-order chi connectivity index (χ0) is 15.1. The van der Waals surface area contributed by atoms with Crippen molar-refractivity contribution in [2.75, 3.05) is 4.90 Å². The molecule has 2 aromatic carbocycles. The molecular formula is C17H15F2NO. The first-order valence-electron chi connectivity index (χ1n) is 6.89. The summed E-state index contributed by atoms with van der Waals surface area (Å²) in [7, 11) is 0. The first kappa shape index (κ1) is 13.7. The summed E-state index contributed by atoms with van der Waals surface area (Å²) in [6.45, 7) is 4.17. The van der Waals surface area contributed by atoms with E-state index in [0.29, 0.717) is 17.3 Å². The summed E-state index contributed by atoms with van der Waals surface area (Å²) in [6.07, 6.45) is -0.106. The highest BCUT2D eigenvalue weighted by Gasteiger charge is 2.32. The number of anilines is 2. The molecule has 1 aliphatic heterocycles. The number of hydrogen-bond acceptors (Lipinski definition) is 1. The maximum atomic E-state index is 13.8. The minimum atomic E-state index is -0.929. The summed E-state index contributed by atoms with van der Waals surface area (Å²) in [5.41, 5.74) is 2.40. The maximum absolute atomic E-state index is 13.8. The predicted octanol–water partition coefficient (Wildman–Crippen LogP) is 4.31. The minimum absolute atomic E-state index is 0.106. The van der Waals surface area contributed by atoms with Crippen molar-refractivity contribution >= 4 is 17.3 Å². The number of carbonyl (C=O) groups excluding carboxylic acids is 1. The topological polar surface area (TPSA) is 20.3 Å². The lowest BCUT2D eigenvalue weighted by molar-refractivity contribution is -0.116. The molecule has 0 atom stereocenters. The van der Waals surface area contributed by atoms with Crippen LogP contribution in [0, 0.1) is 11.6 Å². The lowest BCUT2D eigenvalue weighted by Crippen LogP contribution is -2.20. The summed E-state index contributed by atoms with van der Waals surface area (Å²) in [6, 6.07) is 10.1. The molecule has 0 spiro atoms. The molecule has 108 valence electrons. The molecule has 1 aliphatic rings. The van der Waals surface area contributed by atoms with Crippen LogP contribution in [0.25, 0.3) is 0 Å². The molecule has 1 amide bonds. The van der Waals surface area contributed by atoms with Crippen molar-refractivity contribution in [3.63, 3.8) is 0 Å². The van der Waals surface area contributed by atoms with Gasteiger partial charge >= 0.3 is 0 Å². The van der Waals surface area contributed by atoms with E-state index in [2.05, 4.69) is 13.8 Å². The molecule has 0 aliphatic carbocycles. The Morgan fingerprint density at radius 3 is 2.33 bits per heavy atom. The number of fused-ring (bicyclic) bond motifs is 1. The largest absolute Gasteiger partial charge is 0.280 e. The number of hydrogen-bond donors (Lipinski definition) is 0. The van der Waals surface area contributed by atoms with Crippen molar-refractivity contribution in [3.8, 4) is 0 Å². The van der Waals surface area contributed by atoms with Crippen molar-refractivity contribution in [3.05, 3.63) is 59.2 Å². The van der Waals surface area contributed by atoms with Gasteiger partial charge in [0.2, 0.25) is 5.91 Å². The van der Waals surface area contributed by atoms with E-state index in [0.717, 1.165) is 11.6 Å². The highest BCUT2D eigenvalue weighted by molar-refractivity contribution is 6.07. The van der Waals surface area contributed by atoms with Gasteiger partial charge in [-0.25, -0.2) is 8.78 Å². The second kappa shape index (κ2) is 4.95. The Morgan fingerprint density at radius 2 is 1.71 bits per heavy atom. The van der Waals surface area contributed by atoms with E-state index in [1.165, 1.54) is 11.0 Å². The van der Waals surface area contributed by atoms with Crippen LogP contribution in [0.5, 0.6) is 0 Å². The SMILES string of the molecule is CC(C)c1ccc(N2C(=O)Cc3c2ccc(F)c3F)cc1. The van der Waals surface area contributed by atoms with E-state index in [4.69, 9.17) is 0 Å². The van der Waals surface area contributed by atoms with Crippen LogP contribution >= 0.6 is 0 Å². The quantitative estimate of drug-likeness (QED) is 0.806. The van der Waals surface area contributed by atoms with Crippen LogP contribution in [0.3, 0.4) is 0 Å². The second-order valence-electron chi connectivity index (χ2n) is 5.51. The number of halogens is 2. The Labute approximate surface area is 122 Å². The van der Waals surface area contributed by atoms with Crippen LogP contribution in [-0.4, -0.2) is 5.91 Å². The average Bonchev–Trinajstić information content (AvgIpc) is 2.80. The van der Waals surface area contributed by atoms with Gasteiger partial charge in [-0.15, -0.1) is 0 Å². The van der Waals surface area contributed by atoms with Gasteiger partial charge in [-0.2, -0.15) is 0 Å². The summed E-state index contributed by atoms with van der Waals surface area (Å²) < 4.78 is 27.0. The molecule has 0 N–H and O–H groups in total. The zero-order valence-electron chi connectivity index (χ0n) is 11.9. The third kappa shape index (κ3) is 2.20. The molecule has 4 heteroatoms. The highest BCUT2D eigenvalue weighted by atomic mass is 19.2. The fraction of sp³-hybridized carbons (Fsp3) is 0.235. The van der Waals surface area contributed by atoms with Gasteiger partial charge in [-0.1, -0.05) is 26.0 Å². The molecule has 0 saturated heterocycles. The molecule has 0 unspecified atom stereocenters. The number of nitrogens with zero attached hydrogens (tertiary/aromatic N) is 1. The van der Waals surface area contributed by atoms with Gasteiger partial charge in [0.25, 0.3) is 0 Å². The molecular weight excluding hydrogens is 272 g/mol. The standard InChI is InChI=1S/C17H15F2NO/c1-10(2)11-3-5-12(6-4-11)20-15-8-7-14(18)17(19)13(15)9-16(20)21/h3-8,10H,9H2,1-2H3. The number of amides is 1. The Balaban J connectivity index is 2.05. The average molecular weight is 287 g/mol. The van der Waals surface area contributed by atoms with E-state index < -0.39 is 11.6 Å². The fourth-order valence-electron chi connectivity index (χ4n) is 2.62. The van der Waals surface area contributed by atoms with Crippen LogP contribution in [0.15, 0.2) is 36.4 Å². The van der Waals surface area contributed by atoms with Crippen LogP contribution in [-0.2, 0) is 11.2 Å². The molecule has 1 heterocycles. The number of rotatable bonds is 2. The molecule has 0 fully saturated rings. The monoisotopic (exact) mass is 287 g/mol. The van der Waals surface area contributed by atoms with Crippen molar-refractivity contribution in [2.24, 2.45) is 0 Å². The molecule has 2 aromatic rings. The Bertz CT molecular complexity index is 707. The van der Waals surface area contributed by atoms with Gasteiger partial charge in [0.15, 0.2) is 11.6 Å². The fourth-order valence-corrected chi connectivity index (χ4v) is 2.62. The second-order valence-corrected chi connectivity index (χ2v) is 5.51. The normalized spacial score (nSPS) is 14.0. The van der Waals surface area contributed by atoms with Crippen molar-refractivity contribution in [2.45, 2.75) is 26.2 Å². The molecule has 0 bridgehead atoms. The number of carbonyl (C=O) groups is 1. The first-order chi connectivity index (χ1) is 9.99. The lowest BCUT2D eigenvalue weighted by atomic mass is 10.0. The Kier molecular flexibility index (Phi) is 3.24. The van der Waals surface area contributed by atoms with Crippen molar-refractivity contribution in [1.82, 2.24) is 0 Å². The van der Waals surface area contributed by atoms with Gasteiger partial charge in [-0.05, 0) is 35.7 Å². The van der Waals surface area contributed by atoms with E-state index >= 15 is 0 Å². The summed E-state index contributed by atoms with van der Waals surface area (Å²) in [5.74, 6) is -1.69. The molecule has 0 saturated carbocycles. The molecule has 2 nitrogen and oxygen atoms in total. The van der Waals surface area contributed by atoms with Gasteiger partial charge in [0, 0.05) is 11.3 Å². The van der Waals surface area contributed by atoms with Crippen molar-refractivity contribution in [1.29, 1.82) is 0 Å². The molecule has 3 rings (SSSR count). The summed E-state index contributed by atoms with van der Waals surface area (Å²) >= 11 is 0. The Morgan fingerprint density at radius 1 is 1.05 bits per heavy atom. The molecule has 0 radical (unpaired) electrons. The minimum Gasteiger partial charge on any atom is -0.280 e.